The molecule has 0 bridgehead atoms. The highest BCUT2D eigenvalue weighted by Crippen LogP contribution is 2.34. The molecule has 2 N–H and O–H groups in total. The maximum atomic E-state index is 14.5. The number of hydrogen-bond donors (Lipinski definition) is 2. The van der Waals surface area contributed by atoms with Crippen LogP contribution in [-0.4, -0.2) is 142 Å². The van der Waals surface area contributed by atoms with Crippen LogP contribution in [0.3, 0.4) is 0 Å². The van der Waals surface area contributed by atoms with Gasteiger partial charge in [-0.1, -0.05) is 49.1 Å². The molecule has 0 unspecified atom stereocenters. The average Bonchev–Trinajstić information content (AvgIpc) is 4.18. The van der Waals surface area contributed by atoms with Gasteiger partial charge >= 0.3 is 0 Å². The first-order chi connectivity index (χ1) is 32.1. The first-order valence-electron chi connectivity index (χ1n) is 23.6. The van der Waals surface area contributed by atoms with Gasteiger partial charge in [0.15, 0.2) is 5.76 Å². The molecule has 1 aromatic carbocycles. The molecule has 4 aliphatic rings. The zero-order chi connectivity index (χ0) is 45.7. The molecule has 352 valence electrons. The molecule has 3 atom stereocenters. The summed E-state index contributed by atoms with van der Waals surface area (Å²) in [5.74, 6) is 1.35. The van der Waals surface area contributed by atoms with Gasteiger partial charge in [0.05, 0.1) is 39.4 Å². The van der Waals surface area contributed by atoms with Crippen molar-refractivity contribution in [3.8, 4) is 11.6 Å². The predicted molar refractivity (Wildman–Crippen MR) is 252 cm³/mol. The number of likely N-dealkylation sites (tertiary alicyclic amines) is 2. The molecular weight excluding hydrogens is 882 g/mol. The van der Waals surface area contributed by atoms with Gasteiger partial charge in [0.25, 0.3) is 11.8 Å². The number of thiophene rings is 1. The van der Waals surface area contributed by atoms with Gasteiger partial charge in [-0.15, -0.1) is 11.3 Å². The monoisotopic (exact) mass is 941 g/mol. The highest BCUT2D eigenvalue weighted by Gasteiger charge is 2.38. The summed E-state index contributed by atoms with van der Waals surface area (Å²) in [7, 11) is 1.73. The van der Waals surface area contributed by atoms with E-state index in [-0.39, 0.29) is 60.5 Å². The second kappa shape index (κ2) is 20.7. The molecule has 3 saturated heterocycles. The minimum Gasteiger partial charge on any atom is -0.489 e. The Hall–Kier alpha value is -5.23. The van der Waals surface area contributed by atoms with Gasteiger partial charge in [-0.3, -0.25) is 29.1 Å². The molecule has 0 radical (unpaired) electrons. The van der Waals surface area contributed by atoms with E-state index in [1.54, 1.807) is 45.9 Å². The van der Waals surface area contributed by atoms with E-state index in [0.29, 0.717) is 66.8 Å². The number of nitrogens with zero attached hydrogens (tertiary/aromatic N) is 7. The molecule has 4 amide bonds. The molecule has 0 spiro atoms. The van der Waals surface area contributed by atoms with E-state index in [1.165, 1.54) is 0 Å². The van der Waals surface area contributed by atoms with Gasteiger partial charge in [-0.2, -0.15) is 0 Å². The number of rotatable bonds is 15. The number of halogens is 1. The fourth-order valence-corrected chi connectivity index (χ4v) is 11.2. The molecular formula is C48H60ClN9O7S. The Balaban J connectivity index is 0.794. The van der Waals surface area contributed by atoms with Crippen LogP contribution in [0.15, 0.2) is 58.6 Å². The van der Waals surface area contributed by atoms with Crippen molar-refractivity contribution in [1.82, 2.24) is 44.9 Å². The summed E-state index contributed by atoms with van der Waals surface area (Å²) in [5, 5.41) is 13.2. The third-order valence-corrected chi connectivity index (χ3v) is 15.3. The number of nitrogens with one attached hydrogen (secondary N) is 2. The standard InChI is InChI=1S/C48H60ClN9O7S/c1-31(50-2)46(60)52-43(32-9-4-3-5-10-32)47(61)55-22-24-56(25-23-55)48(62)44-42(49)36-12-6-7-13-38(36)58(44)29-41(59)57-19-8-11-33(57)30-63-40-27-35(65-53-40)28-54-20-15-34(16-21-54)64-39-14-18-51-37-17-26-66-45(37)39/h6-7,12-14,17-18,26-27,31-34,43,50H,3-5,8-11,15-16,19-25,28-30H2,1-2H3,(H,52,60)/t31-,33-,43-/m0/s1. The second-order valence-electron chi connectivity index (χ2n) is 18.1. The number of carbonyl (C=O) groups is 4. The van der Waals surface area contributed by atoms with Gasteiger partial charge in [-0.25, -0.2) is 0 Å². The highest BCUT2D eigenvalue weighted by molar-refractivity contribution is 7.17. The topological polar surface area (TPSA) is 168 Å². The number of para-hydroxylation sites is 1. The number of piperidine rings is 1. The lowest BCUT2D eigenvalue weighted by Gasteiger charge is -2.39. The quantitative estimate of drug-likeness (QED) is 0.127. The number of likely N-dealkylation sites (N-methyl/N-ethyl adjacent to an activating group) is 1. The van der Waals surface area contributed by atoms with Crippen molar-refractivity contribution in [1.29, 1.82) is 0 Å². The highest BCUT2D eigenvalue weighted by atomic mass is 35.5. The van der Waals surface area contributed by atoms with Gasteiger partial charge < -0.3 is 43.9 Å². The average molecular weight is 943 g/mol. The van der Waals surface area contributed by atoms with Crippen molar-refractivity contribution in [3.63, 3.8) is 0 Å². The largest absolute Gasteiger partial charge is 0.489 e. The van der Waals surface area contributed by atoms with Gasteiger partial charge in [0.1, 0.15) is 36.7 Å². The lowest BCUT2D eigenvalue weighted by Crippen LogP contribution is -2.59. The van der Waals surface area contributed by atoms with Crippen molar-refractivity contribution >= 4 is 67.7 Å². The molecule has 1 aliphatic carbocycles. The number of hydrogen-bond acceptors (Lipinski definition) is 12. The summed E-state index contributed by atoms with van der Waals surface area (Å²) in [6.07, 6.45) is 10.3. The van der Waals surface area contributed by atoms with Crippen LogP contribution >= 0.6 is 22.9 Å². The molecule has 16 nitrogen and oxygen atoms in total. The maximum absolute atomic E-state index is 14.5. The molecule has 18 heteroatoms. The summed E-state index contributed by atoms with van der Waals surface area (Å²) in [6.45, 7) is 6.12. The van der Waals surface area contributed by atoms with Gasteiger partial charge in [0, 0.05) is 63.5 Å². The third kappa shape index (κ3) is 10.0. The Kier molecular flexibility index (Phi) is 14.4. The Morgan fingerprint density at radius 3 is 2.48 bits per heavy atom. The summed E-state index contributed by atoms with van der Waals surface area (Å²) >= 11 is 8.67. The van der Waals surface area contributed by atoms with Crippen molar-refractivity contribution in [2.75, 3.05) is 59.5 Å². The van der Waals surface area contributed by atoms with E-state index in [0.717, 1.165) is 86.8 Å². The Labute approximate surface area is 393 Å². The van der Waals surface area contributed by atoms with Crippen LogP contribution in [0.1, 0.15) is 81.0 Å². The van der Waals surface area contributed by atoms with Crippen LogP contribution in [-0.2, 0) is 27.5 Å². The normalized spacial score (nSPS) is 19.9. The van der Waals surface area contributed by atoms with Crippen molar-refractivity contribution in [2.24, 2.45) is 5.92 Å². The first kappa shape index (κ1) is 45.9. The molecule has 7 heterocycles. The van der Waals surface area contributed by atoms with E-state index in [9.17, 15) is 19.2 Å². The lowest BCUT2D eigenvalue weighted by molar-refractivity contribution is -0.140. The molecule has 1 saturated carbocycles. The third-order valence-electron chi connectivity index (χ3n) is 14.0. The van der Waals surface area contributed by atoms with Crippen LogP contribution in [0, 0.1) is 5.92 Å². The molecule has 4 aromatic heterocycles. The van der Waals surface area contributed by atoms with Crippen LogP contribution in [0.25, 0.3) is 21.1 Å². The number of amides is 4. The lowest BCUT2D eigenvalue weighted by atomic mass is 9.83. The number of fused-ring (bicyclic) bond motifs is 2. The smallest absolute Gasteiger partial charge is 0.272 e. The number of benzene rings is 1. The Morgan fingerprint density at radius 1 is 0.924 bits per heavy atom. The molecule has 5 aromatic rings. The summed E-state index contributed by atoms with van der Waals surface area (Å²) in [6, 6.07) is 12.1. The van der Waals surface area contributed by atoms with Crippen molar-refractivity contribution in [2.45, 2.75) is 102 Å². The molecule has 9 rings (SSSR count). The van der Waals surface area contributed by atoms with E-state index < -0.39 is 12.1 Å². The van der Waals surface area contributed by atoms with Crippen molar-refractivity contribution < 1.29 is 33.2 Å². The number of ether oxygens (including phenoxy) is 2. The van der Waals surface area contributed by atoms with E-state index >= 15 is 0 Å². The van der Waals surface area contributed by atoms with Crippen LogP contribution in [0.5, 0.6) is 11.6 Å². The zero-order valence-electron chi connectivity index (χ0n) is 37.8. The van der Waals surface area contributed by atoms with Gasteiger partial charge in [-0.05, 0) is 87.2 Å². The van der Waals surface area contributed by atoms with E-state index in [4.69, 9.17) is 25.6 Å². The Morgan fingerprint density at radius 2 is 1.70 bits per heavy atom. The van der Waals surface area contributed by atoms with Crippen molar-refractivity contribution in [3.05, 3.63) is 70.5 Å². The zero-order valence-corrected chi connectivity index (χ0v) is 39.4. The minimum absolute atomic E-state index is 0.0749. The molecule has 66 heavy (non-hydrogen) atoms. The number of aromatic nitrogens is 3. The Bertz CT molecular complexity index is 2500. The first-order valence-corrected chi connectivity index (χ1v) is 24.8. The summed E-state index contributed by atoms with van der Waals surface area (Å²) < 4.78 is 21.0. The minimum atomic E-state index is -0.607. The van der Waals surface area contributed by atoms with E-state index in [1.807, 2.05) is 52.7 Å². The van der Waals surface area contributed by atoms with Crippen LogP contribution < -0.4 is 20.1 Å². The number of carbonyl (C=O) groups excluding carboxylic acids is 4. The fraction of sp³-hybridized carbons (Fsp3) is 0.542. The molecule has 3 aliphatic heterocycles. The predicted octanol–water partition coefficient (Wildman–Crippen LogP) is 5.96. The number of pyridine rings is 1. The maximum Gasteiger partial charge on any atom is 0.272 e. The summed E-state index contributed by atoms with van der Waals surface area (Å²) in [5.41, 5.74) is 1.92. The van der Waals surface area contributed by atoms with E-state index in [2.05, 4.69) is 25.7 Å². The second-order valence-corrected chi connectivity index (χ2v) is 19.4. The SMILES string of the molecule is CN[C@@H](C)C(=O)N[C@H](C(=O)N1CCN(C(=O)c2c(Cl)c3ccccc3n2CC(=O)N2CCC[C@H]2COc2cc(CN3CCC(Oc4ccnc5ccsc45)CC3)on2)CC1)C1CCCCC1. The summed E-state index contributed by atoms with van der Waals surface area (Å²) in [4.78, 5) is 67.8. The van der Waals surface area contributed by atoms with Crippen LogP contribution in [0.2, 0.25) is 5.02 Å². The number of piperazine rings is 1. The van der Waals surface area contributed by atoms with Crippen LogP contribution in [0.4, 0.5) is 0 Å². The fourth-order valence-electron chi connectivity index (χ4n) is 10.1. The molecule has 4 fully saturated rings. The van der Waals surface area contributed by atoms with Gasteiger partial charge in [0.2, 0.25) is 17.7 Å².